The summed E-state index contributed by atoms with van der Waals surface area (Å²) in [7, 11) is 0. The van der Waals surface area contributed by atoms with Gasteiger partial charge >= 0.3 is 0 Å². The predicted molar refractivity (Wildman–Crippen MR) is 162 cm³/mol. The minimum atomic E-state index is -1.00. The Kier molecular flexibility index (Phi) is 11.2. The van der Waals surface area contributed by atoms with Crippen LogP contribution in [0.2, 0.25) is 0 Å². The van der Waals surface area contributed by atoms with Gasteiger partial charge in [-0.2, -0.15) is 0 Å². The Balaban J connectivity index is 1.37. The molecule has 5 atom stereocenters. The van der Waals surface area contributed by atoms with Gasteiger partial charge < -0.3 is 28.8 Å². The molecule has 0 radical (unpaired) electrons. The first-order valence-corrected chi connectivity index (χ1v) is 14.7. The Morgan fingerprint density at radius 1 is 0.619 bits per heavy atom. The molecule has 0 amide bonds. The molecule has 0 saturated carbocycles. The zero-order valence-corrected chi connectivity index (χ0v) is 24.1. The van der Waals surface area contributed by atoms with Crippen LogP contribution in [-0.4, -0.2) is 42.4 Å². The second-order valence-corrected chi connectivity index (χ2v) is 10.6. The van der Waals surface area contributed by atoms with Crippen LogP contribution < -0.4 is 4.74 Å². The Labute approximate surface area is 248 Å². The summed E-state index contributed by atoms with van der Waals surface area (Å²) in [5, 5.41) is 11.6. The Morgan fingerprint density at radius 3 is 1.69 bits per heavy atom. The highest BCUT2D eigenvalue weighted by Crippen LogP contribution is 2.30. The van der Waals surface area contributed by atoms with E-state index in [1.54, 1.807) is 0 Å². The molecule has 4 aromatic rings. The number of ether oxygens (including phenoxy) is 5. The first-order valence-electron chi connectivity index (χ1n) is 14.7. The fraction of sp³-hybridized carbons (Fsp3) is 0.333. The number of hydrogen-bond acceptors (Lipinski definition) is 6. The second kappa shape index (κ2) is 15.6. The van der Waals surface area contributed by atoms with Gasteiger partial charge in [-0.3, -0.25) is 0 Å². The number of rotatable bonds is 14. The maximum Gasteiger partial charge on any atom is 0.229 e. The number of hydrogen-bond donors (Lipinski definition) is 1. The number of aliphatic hydroxyl groups is 1. The average Bonchev–Trinajstić information content (AvgIpc) is 3.03. The van der Waals surface area contributed by atoms with Crippen molar-refractivity contribution in [1.82, 2.24) is 0 Å². The van der Waals surface area contributed by atoms with Crippen LogP contribution in [0.5, 0.6) is 5.75 Å². The first kappa shape index (κ1) is 30.0. The van der Waals surface area contributed by atoms with Crippen LogP contribution in [0, 0.1) is 0 Å². The fourth-order valence-electron chi connectivity index (χ4n) is 5.05. The van der Waals surface area contributed by atoms with E-state index < -0.39 is 30.7 Å². The highest BCUT2D eigenvalue weighted by Gasteiger charge is 2.48. The van der Waals surface area contributed by atoms with Gasteiger partial charge in [0.05, 0.1) is 26.4 Å². The molecule has 0 aromatic heterocycles. The van der Waals surface area contributed by atoms with Crippen LogP contribution in [-0.2, 0) is 45.2 Å². The van der Waals surface area contributed by atoms with E-state index in [9.17, 15) is 5.11 Å². The van der Waals surface area contributed by atoms with Gasteiger partial charge in [-0.15, -0.1) is 0 Å². The highest BCUT2D eigenvalue weighted by atomic mass is 16.7. The van der Waals surface area contributed by atoms with Crippen LogP contribution in [0.25, 0.3) is 0 Å². The van der Waals surface area contributed by atoms with E-state index in [0.717, 1.165) is 29.5 Å². The molecule has 1 N–H and O–H groups in total. The van der Waals surface area contributed by atoms with Crippen molar-refractivity contribution in [3.63, 3.8) is 0 Å². The summed E-state index contributed by atoms with van der Waals surface area (Å²) >= 11 is 0. The zero-order valence-electron chi connectivity index (χ0n) is 24.1. The fourth-order valence-corrected chi connectivity index (χ4v) is 5.05. The van der Waals surface area contributed by atoms with Crippen molar-refractivity contribution in [2.75, 3.05) is 6.61 Å². The van der Waals surface area contributed by atoms with E-state index in [-0.39, 0.29) is 6.61 Å². The van der Waals surface area contributed by atoms with E-state index in [2.05, 4.69) is 19.1 Å². The molecule has 0 spiro atoms. The third-order valence-corrected chi connectivity index (χ3v) is 7.30. The van der Waals surface area contributed by atoms with Gasteiger partial charge in [0.2, 0.25) is 6.29 Å². The Bertz CT molecular complexity index is 1300. The van der Waals surface area contributed by atoms with Gasteiger partial charge in [0.25, 0.3) is 0 Å². The molecule has 1 aliphatic rings. The van der Waals surface area contributed by atoms with Gasteiger partial charge in [-0.25, -0.2) is 0 Å². The maximum atomic E-state index is 11.6. The predicted octanol–water partition coefficient (Wildman–Crippen LogP) is 6.49. The lowest BCUT2D eigenvalue weighted by atomic mass is 9.98. The average molecular weight is 569 g/mol. The molecule has 5 rings (SSSR count). The molecule has 42 heavy (non-hydrogen) atoms. The molecule has 4 aromatic carbocycles. The topological polar surface area (TPSA) is 66.4 Å². The summed E-state index contributed by atoms with van der Waals surface area (Å²) in [5.74, 6) is 0.662. The summed E-state index contributed by atoms with van der Waals surface area (Å²) in [6.07, 6.45) is -1.87. The normalized spacial score (nSPS) is 22.1. The molecule has 1 saturated heterocycles. The number of aliphatic hydroxyl groups excluding tert-OH is 1. The molecule has 6 nitrogen and oxygen atoms in total. The first-order chi connectivity index (χ1) is 20.7. The molecule has 1 aliphatic heterocycles. The molecular weight excluding hydrogens is 528 g/mol. The lowest BCUT2D eigenvalue weighted by molar-refractivity contribution is -0.301. The summed E-state index contributed by atoms with van der Waals surface area (Å²) in [6.45, 7) is 3.36. The molecule has 0 aliphatic carbocycles. The largest absolute Gasteiger partial charge is 0.462 e. The van der Waals surface area contributed by atoms with Crippen LogP contribution >= 0.6 is 0 Å². The van der Waals surface area contributed by atoms with E-state index in [1.807, 2.05) is 103 Å². The number of benzene rings is 4. The van der Waals surface area contributed by atoms with E-state index >= 15 is 0 Å². The quantitative estimate of drug-likeness (QED) is 0.188. The summed E-state index contributed by atoms with van der Waals surface area (Å²) in [6, 6.07) is 37.8. The van der Waals surface area contributed by atoms with E-state index in [0.29, 0.717) is 25.6 Å². The lowest BCUT2D eigenvalue weighted by Gasteiger charge is -2.44. The van der Waals surface area contributed by atoms with Crippen molar-refractivity contribution in [1.29, 1.82) is 0 Å². The smallest absolute Gasteiger partial charge is 0.229 e. The lowest BCUT2D eigenvalue weighted by Crippen LogP contribution is -2.61. The minimum Gasteiger partial charge on any atom is -0.462 e. The summed E-state index contributed by atoms with van der Waals surface area (Å²) < 4.78 is 31.7. The van der Waals surface area contributed by atoms with E-state index in [4.69, 9.17) is 23.7 Å². The van der Waals surface area contributed by atoms with Gasteiger partial charge in [0, 0.05) is 0 Å². The second-order valence-electron chi connectivity index (χ2n) is 10.6. The standard InChI is InChI=1S/C36H40O6/c1-2-12-27-19-21-31(22-20-27)41-36-35(40-25-30-17-10-5-11-18-30)34(39-24-29-15-8-4-9-16-29)33(37)32(42-36)26-38-23-28-13-6-3-7-14-28/h3-11,13-22,32-37H,2,12,23-26H2,1H3/t32-,33+,34?,35?,36-/m1/s1. The van der Waals surface area contributed by atoms with Gasteiger partial charge in [0.15, 0.2) is 0 Å². The highest BCUT2D eigenvalue weighted by molar-refractivity contribution is 5.27. The van der Waals surface area contributed by atoms with Crippen LogP contribution in [0.3, 0.4) is 0 Å². The molecule has 220 valence electrons. The Morgan fingerprint density at radius 2 is 1.14 bits per heavy atom. The number of aryl methyl sites for hydroxylation is 1. The van der Waals surface area contributed by atoms with Crippen LogP contribution in [0.1, 0.15) is 35.6 Å². The molecule has 0 bridgehead atoms. The van der Waals surface area contributed by atoms with Gasteiger partial charge in [0.1, 0.15) is 30.2 Å². The molecule has 1 fully saturated rings. The third kappa shape index (κ3) is 8.51. The van der Waals surface area contributed by atoms with Crippen molar-refractivity contribution in [3.8, 4) is 5.75 Å². The van der Waals surface area contributed by atoms with Gasteiger partial charge in [-0.05, 0) is 40.8 Å². The molecular formula is C36H40O6. The third-order valence-electron chi connectivity index (χ3n) is 7.30. The van der Waals surface area contributed by atoms with Crippen LogP contribution in [0.15, 0.2) is 115 Å². The zero-order chi connectivity index (χ0) is 29.0. The summed E-state index contributed by atoms with van der Waals surface area (Å²) in [4.78, 5) is 0. The molecule has 2 unspecified atom stereocenters. The van der Waals surface area contributed by atoms with Gasteiger partial charge in [-0.1, -0.05) is 116 Å². The minimum absolute atomic E-state index is 0.169. The summed E-state index contributed by atoms with van der Waals surface area (Å²) in [5.41, 5.74) is 4.30. The van der Waals surface area contributed by atoms with Crippen molar-refractivity contribution in [3.05, 3.63) is 138 Å². The SMILES string of the molecule is CCCc1ccc(O[C@@H]2O[C@H](COCc3ccccc3)[C@H](O)C(OCc3ccccc3)C2OCc2ccccc2)cc1. The van der Waals surface area contributed by atoms with E-state index in [1.165, 1.54) is 5.56 Å². The van der Waals surface area contributed by atoms with Crippen molar-refractivity contribution in [2.24, 2.45) is 0 Å². The van der Waals surface area contributed by atoms with Crippen LogP contribution in [0.4, 0.5) is 0 Å². The molecule has 6 heteroatoms. The van der Waals surface area contributed by atoms with Crippen molar-refractivity contribution >= 4 is 0 Å². The maximum absolute atomic E-state index is 11.6. The van der Waals surface area contributed by atoms with Crippen molar-refractivity contribution < 1.29 is 28.8 Å². The van der Waals surface area contributed by atoms with Crippen molar-refractivity contribution in [2.45, 2.75) is 70.3 Å². The molecule has 1 heterocycles. The Hall–Kier alpha value is -3.52. The monoisotopic (exact) mass is 568 g/mol.